The Morgan fingerprint density at radius 2 is 1.52 bits per heavy atom. The minimum atomic E-state index is -0.377. The van der Waals surface area contributed by atoms with Gasteiger partial charge in [0.25, 0.3) is 5.69 Å². The maximum absolute atomic E-state index is 11.2. The van der Waals surface area contributed by atoms with Crippen LogP contribution in [0.25, 0.3) is 0 Å². The second-order valence-electron chi connectivity index (χ2n) is 6.97. The molecule has 8 nitrogen and oxygen atoms in total. The quantitative estimate of drug-likeness (QED) is 0.439. The van der Waals surface area contributed by atoms with E-state index >= 15 is 0 Å². The highest BCUT2D eigenvalue weighted by atomic mass is 16.6. The van der Waals surface area contributed by atoms with Crippen molar-refractivity contribution >= 4 is 29.0 Å². The predicted octanol–water partition coefficient (Wildman–Crippen LogP) is 3.02. The molecule has 0 aromatic heterocycles. The van der Waals surface area contributed by atoms with Crippen molar-refractivity contribution in [2.45, 2.75) is 0 Å². The van der Waals surface area contributed by atoms with E-state index in [4.69, 9.17) is 9.47 Å². The van der Waals surface area contributed by atoms with Gasteiger partial charge in [-0.1, -0.05) is 0 Å². The summed E-state index contributed by atoms with van der Waals surface area (Å²) in [6.45, 7) is 6.08. The van der Waals surface area contributed by atoms with Gasteiger partial charge in [-0.25, -0.2) is 0 Å². The van der Waals surface area contributed by atoms with Crippen molar-refractivity contribution in [1.82, 2.24) is 0 Å². The number of hydrogen-bond donors (Lipinski definition) is 0. The molecule has 2 heterocycles. The minimum Gasteiger partial charge on any atom is -0.378 e. The molecule has 0 aliphatic carbocycles. The summed E-state index contributed by atoms with van der Waals surface area (Å²) in [6, 6.07) is 12.9. The van der Waals surface area contributed by atoms with E-state index in [1.807, 2.05) is 24.3 Å². The van der Waals surface area contributed by atoms with Gasteiger partial charge in [-0.2, -0.15) is 0 Å². The average molecular weight is 396 g/mol. The van der Waals surface area contributed by atoms with Gasteiger partial charge in [0, 0.05) is 61.5 Å². The average Bonchev–Trinajstić information content (AvgIpc) is 2.79. The van der Waals surface area contributed by atoms with Gasteiger partial charge in [0.1, 0.15) is 0 Å². The van der Waals surface area contributed by atoms with Crippen LogP contribution in [0.1, 0.15) is 5.56 Å². The van der Waals surface area contributed by atoms with E-state index in [1.165, 1.54) is 0 Å². The topological polar surface area (TPSA) is 80.4 Å². The van der Waals surface area contributed by atoms with E-state index in [0.717, 1.165) is 62.0 Å². The zero-order valence-corrected chi connectivity index (χ0v) is 16.2. The molecule has 0 amide bonds. The van der Waals surface area contributed by atoms with Crippen molar-refractivity contribution in [1.29, 1.82) is 0 Å². The second kappa shape index (κ2) is 9.02. The highest BCUT2D eigenvalue weighted by Gasteiger charge is 2.17. The number of benzene rings is 2. The second-order valence-corrected chi connectivity index (χ2v) is 6.97. The van der Waals surface area contributed by atoms with Gasteiger partial charge in [0.05, 0.1) is 37.0 Å². The van der Waals surface area contributed by atoms with Crippen molar-refractivity contribution < 1.29 is 14.4 Å². The van der Waals surface area contributed by atoms with Crippen LogP contribution in [0.4, 0.5) is 22.7 Å². The molecular weight excluding hydrogens is 372 g/mol. The Bertz CT molecular complexity index is 873. The fourth-order valence-electron chi connectivity index (χ4n) is 3.57. The lowest BCUT2D eigenvalue weighted by atomic mass is 10.1. The number of nitrogens with zero attached hydrogens (tertiary/aromatic N) is 4. The van der Waals surface area contributed by atoms with E-state index in [2.05, 4.69) is 14.8 Å². The third kappa shape index (κ3) is 4.72. The van der Waals surface area contributed by atoms with Crippen LogP contribution in [0, 0.1) is 10.1 Å². The first-order valence-corrected chi connectivity index (χ1v) is 9.79. The van der Waals surface area contributed by atoms with Crippen LogP contribution < -0.4 is 9.80 Å². The number of aliphatic imine (C=N–C) groups is 1. The molecule has 0 radical (unpaired) electrons. The van der Waals surface area contributed by atoms with Crippen LogP contribution in [-0.2, 0) is 9.47 Å². The number of hydrogen-bond acceptors (Lipinski definition) is 7. The molecule has 4 rings (SSSR count). The van der Waals surface area contributed by atoms with Crippen molar-refractivity contribution in [3.8, 4) is 0 Å². The third-order valence-electron chi connectivity index (χ3n) is 5.15. The van der Waals surface area contributed by atoms with Crippen LogP contribution in [0.2, 0.25) is 0 Å². The summed E-state index contributed by atoms with van der Waals surface area (Å²) in [7, 11) is 0. The lowest BCUT2D eigenvalue weighted by molar-refractivity contribution is -0.384. The highest BCUT2D eigenvalue weighted by molar-refractivity contribution is 5.90. The van der Waals surface area contributed by atoms with Crippen LogP contribution in [0.5, 0.6) is 0 Å². The number of ether oxygens (including phenoxy) is 2. The first kappa shape index (κ1) is 19.4. The molecule has 152 valence electrons. The van der Waals surface area contributed by atoms with Crippen LogP contribution >= 0.6 is 0 Å². The van der Waals surface area contributed by atoms with Gasteiger partial charge in [0.2, 0.25) is 0 Å². The van der Waals surface area contributed by atoms with Crippen molar-refractivity contribution in [2.24, 2.45) is 4.99 Å². The Labute approximate surface area is 169 Å². The molecule has 2 aliphatic heterocycles. The fourth-order valence-corrected chi connectivity index (χ4v) is 3.57. The summed E-state index contributed by atoms with van der Waals surface area (Å²) in [5.74, 6) is 0. The molecule has 0 saturated carbocycles. The van der Waals surface area contributed by atoms with Gasteiger partial charge in [-0.05, 0) is 30.3 Å². The van der Waals surface area contributed by atoms with E-state index in [9.17, 15) is 10.1 Å². The van der Waals surface area contributed by atoms with Gasteiger partial charge >= 0.3 is 0 Å². The number of non-ortho nitro benzene ring substituents is 1. The van der Waals surface area contributed by atoms with Crippen molar-refractivity contribution in [3.05, 3.63) is 58.1 Å². The normalized spacial score (nSPS) is 17.7. The van der Waals surface area contributed by atoms with E-state index in [-0.39, 0.29) is 10.6 Å². The van der Waals surface area contributed by atoms with Crippen LogP contribution in [0.3, 0.4) is 0 Å². The van der Waals surface area contributed by atoms with Gasteiger partial charge < -0.3 is 19.3 Å². The van der Waals surface area contributed by atoms with E-state index < -0.39 is 0 Å². The Kier molecular flexibility index (Phi) is 6.02. The largest absolute Gasteiger partial charge is 0.378 e. The standard InChI is InChI=1S/C21H24N4O4/c26-25(27)20-5-6-21(24-9-13-29-14-10-24)17(15-20)16-22-18-1-3-19(4-2-18)23-7-11-28-12-8-23/h1-6,15-16H,7-14H2. The fraction of sp³-hybridized carbons (Fsp3) is 0.381. The minimum absolute atomic E-state index is 0.0612. The Balaban J connectivity index is 1.55. The number of morpholine rings is 2. The number of anilines is 2. The number of nitro benzene ring substituents is 1. The molecule has 0 atom stereocenters. The first-order chi connectivity index (χ1) is 14.2. The molecule has 29 heavy (non-hydrogen) atoms. The summed E-state index contributed by atoms with van der Waals surface area (Å²) in [6.07, 6.45) is 1.71. The molecule has 0 bridgehead atoms. The molecule has 2 aliphatic rings. The Hall–Kier alpha value is -2.97. The summed E-state index contributed by atoms with van der Waals surface area (Å²) in [5.41, 5.74) is 3.69. The zero-order valence-electron chi connectivity index (χ0n) is 16.2. The maximum Gasteiger partial charge on any atom is 0.270 e. The lowest BCUT2D eigenvalue weighted by Gasteiger charge is -2.30. The SMILES string of the molecule is O=[N+]([O-])c1ccc(N2CCOCC2)c(C=Nc2ccc(N3CCOCC3)cc2)c1. The van der Waals surface area contributed by atoms with Crippen LogP contribution in [0.15, 0.2) is 47.5 Å². The molecule has 0 spiro atoms. The third-order valence-corrected chi connectivity index (χ3v) is 5.15. The van der Waals surface area contributed by atoms with Gasteiger partial charge in [-0.3, -0.25) is 15.1 Å². The first-order valence-electron chi connectivity index (χ1n) is 9.79. The highest BCUT2D eigenvalue weighted by Crippen LogP contribution is 2.26. The molecule has 0 unspecified atom stereocenters. The molecular formula is C21H24N4O4. The smallest absolute Gasteiger partial charge is 0.270 e. The van der Waals surface area contributed by atoms with Crippen molar-refractivity contribution in [3.63, 3.8) is 0 Å². The monoisotopic (exact) mass is 396 g/mol. The Morgan fingerprint density at radius 3 is 2.14 bits per heavy atom. The zero-order chi connectivity index (χ0) is 20.1. The number of nitro groups is 1. The molecule has 2 saturated heterocycles. The van der Waals surface area contributed by atoms with Crippen LogP contribution in [-0.4, -0.2) is 63.7 Å². The maximum atomic E-state index is 11.2. The molecule has 2 fully saturated rings. The summed E-state index contributed by atoms with van der Waals surface area (Å²) in [5, 5.41) is 11.2. The predicted molar refractivity (Wildman–Crippen MR) is 113 cm³/mol. The Morgan fingerprint density at radius 1 is 0.897 bits per heavy atom. The summed E-state index contributed by atoms with van der Waals surface area (Å²) < 4.78 is 10.8. The number of rotatable bonds is 5. The molecule has 0 N–H and O–H groups in total. The van der Waals surface area contributed by atoms with Gasteiger partial charge in [0.15, 0.2) is 0 Å². The molecule has 2 aromatic rings. The lowest BCUT2D eigenvalue weighted by Crippen LogP contribution is -2.36. The van der Waals surface area contributed by atoms with Crippen molar-refractivity contribution in [2.75, 3.05) is 62.4 Å². The van der Waals surface area contributed by atoms with E-state index in [0.29, 0.717) is 13.2 Å². The van der Waals surface area contributed by atoms with E-state index in [1.54, 1.807) is 24.4 Å². The summed E-state index contributed by atoms with van der Waals surface area (Å²) >= 11 is 0. The summed E-state index contributed by atoms with van der Waals surface area (Å²) in [4.78, 5) is 19.9. The van der Waals surface area contributed by atoms with Gasteiger partial charge in [-0.15, -0.1) is 0 Å². The molecule has 8 heteroatoms. The molecule has 2 aromatic carbocycles.